The summed E-state index contributed by atoms with van der Waals surface area (Å²) in [6, 6.07) is 3.37. The first-order chi connectivity index (χ1) is 9.94. The van der Waals surface area contributed by atoms with E-state index < -0.39 is 14.9 Å². The Hall–Kier alpha value is -1.79. The van der Waals surface area contributed by atoms with E-state index >= 15 is 0 Å². The average molecular weight is 317 g/mol. The smallest absolute Gasteiger partial charge is 0.270 e. The molecule has 0 atom stereocenters. The largest absolute Gasteiger partial charge is 0.379 e. The van der Waals surface area contributed by atoms with Crippen molar-refractivity contribution >= 4 is 21.4 Å². The summed E-state index contributed by atoms with van der Waals surface area (Å²) in [7, 11) is -3.99. The van der Waals surface area contributed by atoms with Crippen molar-refractivity contribution in [3.05, 3.63) is 28.3 Å². The van der Waals surface area contributed by atoms with Crippen LogP contribution >= 0.6 is 0 Å². The lowest BCUT2D eigenvalue weighted by Gasteiger charge is -2.27. The van der Waals surface area contributed by atoms with Crippen LogP contribution in [0.25, 0.3) is 0 Å². The van der Waals surface area contributed by atoms with E-state index in [0.717, 1.165) is 6.07 Å². The minimum Gasteiger partial charge on any atom is -0.379 e. The van der Waals surface area contributed by atoms with Crippen molar-refractivity contribution in [3.8, 4) is 0 Å². The number of hydrogen-bond acceptors (Lipinski definition) is 8. The standard InChI is InChI=1S/C10H15N5O5S/c11-12-9-2-1-8(15(16)17)7-10(9)21(18,19)13-14-3-5-20-6-4-14/h1-2,7,12-13H,3-6,11H2. The molecule has 1 aliphatic rings. The van der Waals surface area contributed by atoms with Gasteiger partial charge in [0.05, 0.1) is 23.8 Å². The monoisotopic (exact) mass is 317 g/mol. The maximum atomic E-state index is 12.3. The number of sulfonamides is 1. The first-order valence-electron chi connectivity index (χ1n) is 6.04. The van der Waals surface area contributed by atoms with Crippen molar-refractivity contribution in [1.29, 1.82) is 0 Å². The van der Waals surface area contributed by atoms with Crippen LogP contribution in [0.2, 0.25) is 0 Å². The highest BCUT2D eigenvalue weighted by molar-refractivity contribution is 7.89. The summed E-state index contributed by atoms with van der Waals surface area (Å²) in [5.41, 5.74) is 1.95. The summed E-state index contributed by atoms with van der Waals surface area (Å²) in [5.74, 6) is 5.26. The van der Waals surface area contributed by atoms with Gasteiger partial charge in [0.25, 0.3) is 15.7 Å². The van der Waals surface area contributed by atoms with Gasteiger partial charge in [-0.1, -0.05) is 0 Å². The lowest BCUT2D eigenvalue weighted by molar-refractivity contribution is -0.385. The third kappa shape index (κ3) is 3.65. The lowest BCUT2D eigenvalue weighted by atomic mass is 10.3. The molecular formula is C10H15N5O5S. The predicted octanol–water partition coefficient (Wildman–Crippen LogP) is -0.594. The fourth-order valence-electron chi connectivity index (χ4n) is 1.84. The maximum Gasteiger partial charge on any atom is 0.270 e. The molecule has 1 fully saturated rings. The molecular weight excluding hydrogens is 302 g/mol. The number of nitrogens with two attached hydrogens (primary N) is 1. The van der Waals surface area contributed by atoms with Crippen LogP contribution in [0.1, 0.15) is 0 Å². The minimum atomic E-state index is -3.99. The van der Waals surface area contributed by atoms with Gasteiger partial charge < -0.3 is 10.2 Å². The maximum absolute atomic E-state index is 12.3. The van der Waals surface area contributed by atoms with Crippen LogP contribution in [0.3, 0.4) is 0 Å². The van der Waals surface area contributed by atoms with E-state index in [1.165, 1.54) is 17.1 Å². The van der Waals surface area contributed by atoms with Gasteiger partial charge in [-0.2, -0.15) is 0 Å². The number of ether oxygens (including phenoxy) is 1. The Bertz CT molecular complexity index is 629. The molecule has 1 heterocycles. The number of nitro benzene ring substituents is 1. The zero-order valence-electron chi connectivity index (χ0n) is 11.0. The Kier molecular flexibility index (Phi) is 4.69. The molecule has 2 rings (SSSR count). The predicted molar refractivity (Wildman–Crippen MR) is 73.6 cm³/mol. The van der Waals surface area contributed by atoms with Gasteiger partial charge in [0.1, 0.15) is 4.90 Å². The van der Waals surface area contributed by atoms with E-state index in [1.807, 2.05) is 0 Å². The number of nitrogens with zero attached hydrogens (tertiary/aromatic N) is 2. The summed E-state index contributed by atoms with van der Waals surface area (Å²) >= 11 is 0. The summed E-state index contributed by atoms with van der Waals surface area (Å²) in [5, 5.41) is 12.3. The SMILES string of the molecule is NNc1ccc([N+](=O)[O-])cc1S(=O)(=O)NN1CCOCC1. The zero-order chi connectivity index (χ0) is 15.5. The van der Waals surface area contributed by atoms with Crippen LogP contribution in [-0.2, 0) is 14.8 Å². The van der Waals surface area contributed by atoms with E-state index in [2.05, 4.69) is 10.3 Å². The van der Waals surface area contributed by atoms with Crippen molar-refractivity contribution in [3.63, 3.8) is 0 Å². The Balaban J connectivity index is 2.32. The normalized spacial score (nSPS) is 16.6. The molecule has 116 valence electrons. The number of morpholine rings is 1. The molecule has 4 N–H and O–H groups in total. The Morgan fingerprint density at radius 2 is 2.00 bits per heavy atom. The topological polar surface area (TPSA) is 140 Å². The fraction of sp³-hybridized carbons (Fsp3) is 0.400. The van der Waals surface area contributed by atoms with Crippen LogP contribution < -0.4 is 16.1 Å². The zero-order valence-corrected chi connectivity index (χ0v) is 11.8. The first kappa shape index (κ1) is 15.6. The van der Waals surface area contributed by atoms with Gasteiger partial charge in [-0.25, -0.2) is 13.4 Å². The third-order valence-electron chi connectivity index (χ3n) is 2.88. The highest BCUT2D eigenvalue weighted by Gasteiger charge is 2.25. The van der Waals surface area contributed by atoms with Gasteiger partial charge in [-0.15, -0.1) is 4.83 Å². The number of rotatable bonds is 5. The highest BCUT2D eigenvalue weighted by Crippen LogP contribution is 2.25. The number of hydrogen-bond donors (Lipinski definition) is 3. The minimum absolute atomic E-state index is 0.0707. The second kappa shape index (κ2) is 6.32. The van der Waals surface area contributed by atoms with Gasteiger partial charge in [0, 0.05) is 25.2 Å². The van der Waals surface area contributed by atoms with Gasteiger partial charge in [-0.05, 0) is 6.07 Å². The summed E-state index contributed by atoms with van der Waals surface area (Å²) < 4.78 is 29.8. The molecule has 0 aliphatic carbocycles. The lowest BCUT2D eigenvalue weighted by Crippen LogP contribution is -2.48. The molecule has 0 amide bonds. The van der Waals surface area contributed by atoms with Crippen molar-refractivity contribution in [1.82, 2.24) is 9.84 Å². The van der Waals surface area contributed by atoms with Crippen LogP contribution in [0.4, 0.5) is 11.4 Å². The molecule has 0 radical (unpaired) electrons. The molecule has 0 aromatic heterocycles. The molecule has 1 aromatic carbocycles. The Morgan fingerprint density at radius 1 is 1.33 bits per heavy atom. The number of nitro groups is 1. The van der Waals surface area contributed by atoms with Crippen molar-refractivity contribution in [2.24, 2.45) is 5.84 Å². The van der Waals surface area contributed by atoms with Crippen molar-refractivity contribution in [2.45, 2.75) is 4.90 Å². The van der Waals surface area contributed by atoms with E-state index in [9.17, 15) is 18.5 Å². The van der Waals surface area contributed by atoms with E-state index in [1.54, 1.807) is 0 Å². The molecule has 0 saturated carbocycles. The fourth-order valence-corrected chi connectivity index (χ4v) is 3.15. The quantitative estimate of drug-likeness (QED) is 0.372. The summed E-state index contributed by atoms with van der Waals surface area (Å²) in [6.07, 6.45) is 0. The van der Waals surface area contributed by atoms with Crippen LogP contribution in [-0.4, -0.2) is 44.7 Å². The van der Waals surface area contributed by atoms with Gasteiger partial charge in [-0.3, -0.25) is 16.0 Å². The molecule has 10 nitrogen and oxygen atoms in total. The van der Waals surface area contributed by atoms with Gasteiger partial charge in [0.2, 0.25) is 0 Å². The Morgan fingerprint density at radius 3 is 2.57 bits per heavy atom. The number of hydrazine groups is 2. The molecule has 0 bridgehead atoms. The van der Waals surface area contributed by atoms with Gasteiger partial charge in [0.15, 0.2) is 0 Å². The number of nitrogen functional groups attached to an aromatic ring is 1. The average Bonchev–Trinajstić information content (AvgIpc) is 2.47. The van der Waals surface area contributed by atoms with E-state index in [0.29, 0.717) is 26.3 Å². The van der Waals surface area contributed by atoms with Gasteiger partial charge >= 0.3 is 0 Å². The molecule has 0 unspecified atom stereocenters. The van der Waals surface area contributed by atoms with Crippen molar-refractivity contribution in [2.75, 3.05) is 31.7 Å². The number of benzene rings is 1. The molecule has 1 aromatic rings. The second-order valence-corrected chi connectivity index (χ2v) is 5.91. The molecule has 11 heteroatoms. The first-order valence-corrected chi connectivity index (χ1v) is 7.52. The summed E-state index contributed by atoms with van der Waals surface area (Å²) in [4.78, 5) is 12.2. The molecule has 1 saturated heterocycles. The molecule has 0 spiro atoms. The van der Waals surface area contributed by atoms with E-state index in [4.69, 9.17) is 10.6 Å². The van der Waals surface area contributed by atoms with E-state index in [-0.39, 0.29) is 16.3 Å². The number of nitrogens with one attached hydrogen (secondary N) is 2. The number of anilines is 1. The Labute approximate surface area is 121 Å². The van der Waals surface area contributed by atoms with Crippen LogP contribution in [0.5, 0.6) is 0 Å². The molecule has 1 aliphatic heterocycles. The summed E-state index contributed by atoms with van der Waals surface area (Å²) in [6.45, 7) is 1.58. The van der Waals surface area contributed by atoms with Crippen LogP contribution in [0.15, 0.2) is 23.1 Å². The number of non-ortho nitro benzene ring substituents is 1. The third-order valence-corrected chi connectivity index (χ3v) is 4.30. The van der Waals surface area contributed by atoms with Crippen LogP contribution in [0, 0.1) is 10.1 Å². The van der Waals surface area contributed by atoms with Crippen molar-refractivity contribution < 1.29 is 18.1 Å². The second-order valence-electron chi connectivity index (χ2n) is 4.28. The highest BCUT2D eigenvalue weighted by atomic mass is 32.2. The molecule has 21 heavy (non-hydrogen) atoms.